The van der Waals surface area contributed by atoms with Gasteiger partial charge in [0.25, 0.3) is 0 Å². The second kappa shape index (κ2) is 17.5. The van der Waals surface area contributed by atoms with Gasteiger partial charge in [-0.2, -0.15) is 0 Å². The fourth-order valence-corrected chi connectivity index (χ4v) is 6.64. The van der Waals surface area contributed by atoms with Crippen molar-refractivity contribution >= 4 is 7.82 Å². The number of ether oxygens (including phenoxy) is 3. The first-order valence-corrected chi connectivity index (χ1v) is 17.1. The third kappa shape index (κ3) is 10.7. The Balaban J connectivity index is 1.38. The minimum Gasteiger partial charge on any atom is -0.375 e. The van der Waals surface area contributed by atoms with E-state index >= 15 is 0 Å². The molecule has 1 fully saturated rings. The van der Waals surface area contributed by atoms with Gasteiger partial charge in [0.2, 0.25) is 0 Å². The topological polar surface area (TPSA) is 72.5 Å². The van der Waals surface area contributed by atoms with Crippen molar-refractivity contribution in [2.75, 3.05) is 6.61 Å². The number of hydrogen-bond acceptors (Lipinski definition) is 7. The zero-order valence-corrected chi connectivity index (χ0v) is 26.7. The van der Waals surface area contributed by atoms with Crippen molar-refractivity contribution in [1.29, 1.82) is 0 Å². The molecule has 0 saturated heterocycles. The summed E-state index contributed by atoms with van der Waals surface area (Å²) < 4.78 is 52.2. The summed E-state index contributed by atoms with van der Waals surface area (Å²) in [7, 11) is -4.10. The van der Waals surface area contributed by atoms with Crippen molar-refractivity contribution in [3.05, 3.63) is 144 Å². The molecule has 45 heavy (non-hydrogen) atoms. The third-order valence-corrected chi connectivity index (χ3v) is 9.00. The molecule has 0 N–H and O–H groups in total. The Kier molecular flexibility index (Phi) is 13.0. The van der Waals surface area contributed by atoms with Crippen LogP contribution in [0.2, 0.25) is 0 Å². The zero-order valence-electron chi connectivity index (χ0n) is 25.8. The van der Waals surface area contributed by atoms with Gasteiger partial charge >= 0.3 is 7.82 Å². The highest BCUT2D eigenvalue weighted by Crippen LogP contribution is 2.54. The standard InChI is InChI=1S/C37H43O7P/c1-2-23-39-35-24-34(40-26-30-15-7-3-8-16-30)25-36(41-27-31-17-9-4-10-18-31)37(35)44-45(38,42-28-32-19-11-5-12-20-32)43-29-33-21-13-6-14-22-33/h3-22,34-37H,2,23-29H2,1H3/t34-,35+,36+,37-/m0/s1. The summed E-state index contributed by atoms with van der Waals surface area (Å²) in [6, 6.07) is 39.2. The van der Waals surface area contributed by atoms with Gasteiger partial charge in [0.05, 0.1) is 44.7 Å². The van der Waals surface area contributed by atoms with E-state index in [0.29, 0.717) is 32.7 Å². The monoisotopic (exact) mass is 630 g/mol. The molecule has 4 aromatic rings. The van der Waals surface area contributed by atoms with E-state index in [0.717, 1.165) is 28.7 Å². The number of hydrogen-bond donors (Lipinski definition) is 0. The molecule has 0 spiro atoms. The second-order valence-corrected chi connectivity index (χ2v) is 12.8. The summed E-state index contributed by atoms with van der Waals surface area (Å²) >= 11 is 0. The quantitative estimate of drug-likeness (QED) is 0.108. The molecule has 4 aromatic carbocycles. The first-order chi connectivity index (χ1) is 22.1. The fourth-order valence-electron chi connectivity index (χ4n) is 5.26. The maximum absolute atomic E-state index is 14.5. The first-order valence-electron chi connectivity index (χ1n) is 15.7. The molecule has 0 unspecified atom stereocenters. The molecule has 0 radical (unpaired) electrons. The zero-order chi connectivity index (χ0) is 31.2. The van der Waals surface area contributed by atoms with Crippen molar-refractivity contribution < 1.29 is 32.3 Å². The van der Waals surface area contributed by atoms with Crippen LogP contribution in [0.15, 0.2) is 121 Å². The summed E-state index contributed by atoms with van der Waals surface area (Å²) in [5.74, 6) is 0. The van der Waals surface area contributed by atoms with Gasteiger partial charge in [-0.1, -0.05) is 128 Å². The van der Waals surface area contributed by atoms with E-state index in [9.17, 15) is 4.57 Å². The molecule has 4 atom stereocenters. The highest BCUT2D eigenvalue weighted by molar-refractivity contribution is 7.48. The fraction of sp³-hybridized carbons (Fsp3) is 0.351. The van der Waals surface area contributed by atoms with Gasteiger partial charge < -0.3 is 14.2 Å². The average molecular weight is 631 g/mol. The lowest BCUT2D eigenvalue weighted by atomic mass is 9.89. The summed E-state index contributed by atoms with van der Waals surface area (Å²) in [6.07, 6.45) is 0.107. The maximum atomic E-state index is 14.5. The Morgan fingerprint density at radius 1 is 0.556 bits per heavy atom. The highest BCUT2D eigenvalue weighted by atomic mass is 31.2. The Bertz CT molecular complexity index is 1380. The van der Waals surface area contributed by atoms with Crippen molar-refractivity contribution in [1.82, 2.24) is 0 Å². The van der Waals surface area contributed by atoms with Gasteiger partial charge in [-0.05, 0) is 28.7 Å². The van der Waals surface area contributed by atoms with Gasteiger partial charge in [-0.3, -0.25) is 13.6 Å². The van der Waals surface area contributed by atoms with Crippen LogP contribution in [0, 0.1) is 0 Å². The van der Waals surface area contributed by atoms with E-state index in [4.69, 9.17) is 27.8 Å². The van der Waals surface area contributed by atoms with E-state index in [1.54, 1.807) is 0 Å². The van der Waals surface area contributed by atoms with Gasteiger partial charge in [0.15, 0.2) is 0 Å². The van der Waals surface area contributed by atoms with E-state index in [1.165, 1.54) is 0 Å². The van der Waals surface area contributed by atoms with Crippen LogP contribution in [0.5, 0.6) is 0 Å². The Hall–Kier alpha value is -3.13. The van der Waals surface area contributed by atoms with Crippen LogP contribution >= 0.6 is 7.82 Å². The molecule has 1 saturated carbocycles. The van der Waals surface area contributed by atoms with E-state index in [1.807, 2.05) is 121 Å². The molecule has 0 heterocycles. The lowest BCUT2D eigenvalue weighted by Crippen LogP contribution is -2.50. The third-order valence-electron chi connectivity index (χ3n) is 7.61. The average Bonchev–Trinajstić information content (AvgIpc) is 3.10. The van der Waals surface area contributed by atoms with Crippen LogP contribution in [0.4, 0.5) is 0 Å². The molecule has 238 valence electrons. The van der Waals surface area contributed by atoms with Crippen LogP contribution < -0.4 is 0 Å². The van der Waals surface area contributed by atoms with Crippen molar-refractivity contribution in [3.63, 3.8) is 0 Å². The lowest BCUT2D eigenvalue weighted by molar-refractivity contribution is -0.170. The molecular formula is C37H43O7P. The largest absolute Gasteiger partial charge is 0.475 e. The maximum Gasteiger partial charge on any atom is 0.475 e. The molecule has 1 aliphatic rings. The number of phosphoric ester groups is 1. The summed E-state index contributed by atoms with van der Waals surface area (Å²) in [4.78, 5) is 0. The van der Waals surface area contributed by atoms with Crippen LogP contribution in [-0.4, -0.2) is 31.0 Å². The normalized spacial score (nSPS) is 20.2. The van der Waals surface area contributed by atoms with E-state index in [-0.39, 0.29) is 19.3 Å². The van der Waals surface area contributed by atoms with Crippen molar-refractivity contribution in [3.8, 4) is 0 Å². The van der Waals surface area contributed by atoms with Crippen molar-refractivity contribution in [2.45, 2.75) is 77.0 Å². The molecule has 5 rings (SSSR count). The minimum absolute atomic E-state index is 0.0679. The van der Waals surface area contributed by atoms with Crippen LogP contribution in [0.25, 0.3) is 0 Å². The van der Waals surface area contributed by atoms with Crippen LogP contribution in [-0.2, 0) is 58.8 Å². The Labute approximate surface area is 267 Å². The minimum atomic E-state index is -4.10. The molecule has 7 nitrogen and oxygen atoms in total. The molecule has 0 aliphatic heterocycles. The van der Waals surface area contributed by atoms with Gasteiger partial charge in [0.1, 0.15) is 6.10 Å². The Morgan fingerprint density at radius 3 is 1.40 bits per heavy atom. The van der Waals surface area contributed by atoms with Crippen molar-refractivity contribution in [2.24, 2.45) is 0 Å². The molecular weight excluding hydrogens is 587 g/mol. The van der Waals surface area contributed by atoms with Crippen LogP contribution in [0.3, 0.4) is 0 Å². The smallest absolute Gasteiger partial charge is 0.375 e. The SMILES string of the molecule is CCCO[C@@H]1C[C@H](OCc2ccccc2)C[C@@H](OCc2ccccc2)[C@H]1OP(=O)(OCc1ccccc1)OCc1ccccc1. The summed E-state index contributed by atoms with van der Waals surface area (Å²) in [5, 5.41) is 0. The number of phosphoric acid groups is 1. The predicted molar refractivity (Wildman–Crippen MR) is 174 cm³/mol. The molecule has 0 amide bonds. The lowest BCUT2D eigenvalue weighted by Gasteiger charge is -2.41. The van der Waals surface area contributed by atoms with Gasteiger partial charge in [-0.25, -0.2) is 4.57 Å². The number of rotatable bonds is 17. The summed E-state index contributed by atoms with van der Waals surface area (Å²) in [5.41, 5.74) is 3.84. The molecule has 0 aromatic heterocycles. The first kappa shape index (κ1) is 33.2. The Morgan fingerprint density at radius 2 is 0.956 bits per heavy atom. The van der Waals surface area contributed by atoms with Gasteiger partial charge in [0, 0.05) is 19.4 Å². The number of benzene rings is 4. The predicted octanol–water partition coefficient (Wildman–Crippen LogP) is 8.67. The molecule has 8 heteroatoms. The molecule has 0 bridgehead atoms. The highest BCUT2D eigenvalue weighted by Gasteiger charge is 2.45. The molecule has 1 aliphatic carbocycles. The van der Waals surface area contributed by atoms with Gasteiger partial charge in [-0.15, -0.1) is 0 Å². The van der Waals surface area contributed by atoms with E-state index in [2.05, 4.69) is 6.92 Å². The van der Waals surface area contributed by atoms with E-state index < -0.39 is 26.1 Å². The summed E-state index contributed by atoms with van der Waals surface area (Å²) in [6.45, 7) is 3.54. The second-order valence-electron chi connectivity index (χ2n) is 11.2. The van der Waals surface area contributed by atoms with Crippen LogP contribution in [0.1, 0.15) is 48.4 Å².